The first-order valence-electron chi connectivity index (χ1n) is 3.45. The van der Waals surface area contributed by atoms with Gasteiger partial charge in [-0.25, -0.2) is 0 Å². The van der Waals surface area contributed by atoms with Crippen LogP contribution in [-0.4, -0.2) is 31.2 Å². The molecule has 1 aliphatic heterocycles. The Hall–Kier alpha value is -0.640. The highest BCUT2D eigenvalue weighted by molar-refractivity contribution is 5.24. The number of methoxy groups -OCH3 is 1. The fraction of sp³-hybridized carbons (Fsp3) is 0.500. The zero-order valence-electron chi connectivity index (χ0n) is 6.49. The summed E-state index contributed by atoms with van der Waals surface area (Å²) in [4.78, 5) is 0. The molecule has 1 heterocycles. The van der Waals surface area contributed by atoms with Crippen LogP contribution in [0.2, 0.25) is 0 Å². The lowest BCUT2D eigenvalue weighted by atomic mass is 10.2. The second-order valence-corrected chi connectivity index (χ2v) is 2.30. The molecule has 3 nitrogen and oxygen atoms in total. The molecule has 0 aliphatic carbocycles. The molecule has 11 heavy (non-hydrogen) atoms. The first-order chi connectivity index (χ1) is 5.31. The monoisotopic (exact) mass is 156 g/mol. The molecule has 1 aliphatic rings. The van der Waals surface area contributed by atoms with E-state index in [1.807, 2.05) is 0 Å². The van der Waals surface area contributed by atoms with Gasteiger partial charge in [-0.1, -0.05) is 12.7 Å². The van der Waals surface area contributed by atoms with Gasteiger partial charge in [-0.15, -0.1) is 0 Å². The second-order valence-electron chi connectivity index (χ2n) is 2.30. The Morgan fingerprint density at radius 3 is 3.00 bits per heavy atom. The molecule has 0 fully saturated rings. The van der Waals surface area contributed by atoms with E-state index in [2.05, 4.69) is 6.58 Å². The molecule has 1 rings (SSSR count). The van der Waals surface area contributed by atoms with Gasteiger partial charge in [0, 0.05) is 12.7 Å². The van der Waals surface area contributed by atoms with Crippen LogP contribution >= 0.6 is 0 Å². The van der Waals surface area contributed by atoms with Gasteiger partial charge in [0.2, 0.25) is 0 Å². The maximum Gasteiger partial charge on any atom is 0.184 e. The Kier molecular flexibility index (Phi) is 2.82. The zero-order chi connectivity index (χ0) is 8.27. The minimum absolute atomic E-state index is 0.0167. The minimum atomic E-state index is -0.357. The number of hydrogen-bond acceptors (Lipinski definition) is 3. The maximum atomic E-state index is 8.73. The van der Waals surface area contributed by atoms with E-state index in [0.717, 1.165) is 5.57 Å². The fourth-order valence-corrected chi connectivity index (χ4v) is 1.02. The molecular weight excluding hydrogens is 144 g/mol. The highest BCUT2D eigenvalue weighted by atomic mass is 16.7. The summed E-state index contributed by atoms with van der Waals surface area (Å²) in [5, 5.41) is 8.73. The molecule has 0 radical (unpaired) electrons. The molecule has 1 N–H and O–H groups in total. The Bertz CT molecular complexity index is 174. The van der Waals surface area contributed by atoms with Gasteiger partial charge in [0.15, 0.2) is 6.29 Å². The van der Waals surface area contributed by atoms with Crippen LogP contribution in [0.5, 0.6) is 0 Å². The van der Waals surface area contributed by atoms with E-state index in [-0.39, 0.29) is 19.0 Å². The number of aliphatic hydroxyl groups is 1. The van der Waals surface area contributed by atoms with Crippen molar-refractivity contribution < 1.29 is 14.6 Å². The third-order valence-corrected chi connectivity index (χ3v) is 1.58. The van der Waals surface area contributed by atoms with Crippen LogP contribution in [0.4, 0.5) is 0 Å². The summed E-state index contributed by atoms with van der Waals surface area (Å²) in [5.41, 5.74) is 0.881. The van der Waals surface area contributed by atoms with Crippen molar-refractivity contribution >= 4 is 0 Å². The molecule has 0 amide bonds. The van der Waals surface area contributed by atoms with E-state index in [1.165, 1.54) is 0 Å². The first-order valence-corrected chi connectivity index (χ1v) is 3.45. The summed E-state index contributed by atoms with van der Waals surface area (Å²) in [6.45, 7) is 3.58. The average molecular weight is 156 g/mol. The summed E-state index contributed by atoms with van der Waals surface area (Å²) < 4.78 is 10.2. The normalized spacial score (nSPS) is 30.2. The van der Waals surface area contributed by atoms with Gasteiger partial charge in [-0.05, 0) is 6.08 Å². The molecule has 0 saturated heterocycles. The predicted molar refractivity (Wildman–Crippen MR) is 41.0 cm³/mol. The molecule has 2 atom stereocenters. The van der Waals surface area contributed by atoms with Crippen molar-refractivity contribution in [3.8, 4) is 0 Å². The third kappa shape index (κ3) is 1.68. The average Bonchev–Trinajstić information content (AvgIpc) is 2.46. The minimum Gasteiger partial charge on any atom is -0.393 e. The van der Waals surface area contributed by atoms with Crippen molar-refractivity contribution in [2.45, 2.75) is 12.4 Å². The van der Waals surface area contributed by atoms with Crippen molar-refractivity contribution in [3.05, 3.63) is 24.3 Å². The molecule has 0 aromatic rings. The van der Waals surface area contributed by atoms with Gasteiger partial charge in [0.1, 0.15) is 6.10 Å². The van der Waals surface area contributed by atoms with E-state index in [9.17, 15) is 0 Å². The molecule has 0 bridgehead atoms. The summed E-state index contributed by atoms with van der Waals surface area (Å²) >= 11 is 0. The van der Waals surface area contributed by atoms with Crippen molar-refractivity contribution in [2.75, 3.05) is 13.7 Å². The summed E-state index contributed by atoms with van der Waals surface area (Å²) in [5.74, 6) is 0. The maximum absolute atomic E-state index is 8.73. The van der Waals surface area contributed by atoms with Gasteiger partial charge >= 0.3 is 0 Å². The molecular formula is C8H12O3. The first kappa shape index (κ1) is 8.46. The van der Waals surface area contributed by atoms with Crippen molar-refractivity contribution in [3.63, 3.8) is 0 Å². The fourth-order valence-electron chi connectivity index (χ4n) is 1.02. The van der Waals surface area contributed by atoms with E-state index >= 15 is 0 Å². The van der Waals surface area contributed by atoms with Crippen molar-refractivity contribution in [1.29, 1.82) is 0 Å². The Morgan fingerprint density at radius 2 is 2.64 bits per heavy atom. The van der Waals surface area contributed by atoms with Crippen LogP contribution in [0, 0.1) is 0 Å². The molecule has 0 saturated carbocycles. The highest BCUT2D eigenvalue weighted by Gasteiger charge is 2.23. The van der Waals surface area contributed by atoms with Crippen LogP contribution in [-0.2, 0) is 9.47 Å². The quantitative estimate of drug-likeness (QED) is 0.645. The molecule has 2 unspecified atom stereocenters. The van der Waals surface area contributed by atoms with E-state index in [0.29, 0.717) is 0 Å². The lowest BCUT2D eigenvalue weighted by Gasteiger charge is -2.11. The highest BCUT2D eigenvalue weighted by Crippen LogP contribution is 2.20. The molecule has 3 heteroatoms. The van der Waals surface area contributed by atoms with Gasteiger partial charge < -0.3 is 14.6 Å². The Labute approximate surface area is 65.9 Å². The molecule has 0 aromatic heterocycles. The number of rotatable bonds is 3. The summed E-state index contributed by atoms with van der Waals surface area (Å²) in [6.07, 6.45) is 2.88. The van der Waals surface area contributed by atoms with Gasteiger partial charge in [0.05, 0.1) is 6.61 Å². The lowest BCUT2D eigenvalue weighted by molar-refractivity contribution is -0.111. The van der Waals surface area contributed by atoms with Gasteiger partial charge in [0.25, 0.3) is 0 Å². The molecule has 62 valence electrons. The van der Waals surface area contributed by atoms with E-state index in [1.54, 1.807) is 19.3 Å². The molecule has 0 spiro atoms. The number of aliphatic hydroxyl groups excluding tert-OH is 1. The third-order valence-electron chi connectivity index (χ3n) is 1.58. The Balaban J connectivity index is 2.62. The smallest absolute Gasteiger partial charge is 0.184 e. The standard InChI is InChI=1S/C8H12O3/c1-3-6-4-7(5-9)11-8(6)10-2/h3-4,7-9H,1,5H2,2H3. The Morgan fingerprint density at radius 1 is 1.91 bits per heavy atom. The van der Waals surface area contributed by atoms with Gasteiger partial charge in [-0.3, -0.25) is 0 Å². The number of hydrogen-bond donors (Lipinski definition) is 1. The topological polar surface area (TPSA) is 38.7 Å². The van der Waals surface area contributed by atoms with Crippen LogP contribution < -0.4 is 0 Å². The van der Waals surface area contributed by atoms with E-state index < -0.39 is 0 Å². The zero-order valence-corrected chi connectivity index (χ0v) is 6.49. The predicted octanol–water partition coefficient (Wildman–Crippen LogP) is 0.462. The van der Waals surface area contributed by atoms with Crippen LogP contribution in [0.1, 0.15) is 0 Å². The van der Waals surface area contributed by atoms with E-state index in [4.69, 9.17) is 14.6 Å². The van der Waals surface area contributed by atoms with Crippen LogP contribution in [0.3, 0.4) is 0 Å². The van der Waals surface area contributed by atoms with Gasteiger partial charge in [-0.2, -0.15) is 0 Å². The molecule has 0 aromatic carbocycles. The summed E-state index contributed by atoms with van der Waals surface area (Å²) in [6, 6.07) is 0. The SMILES string of the molecule is C=CC1=CC(CO)OC1OC. The number of ether oxygens (including phenoxy) is 2. The summed E-state index contributed by atoms with van der Waals surface area (Å²) in [7, 11) is 1.56. The van der Waals surface area contributed by atoms with Crippen molar-refractivity contribution in [2.24, 2.45) is 0 Å². The lowest BCUT2D eigenvalue weighted by Crippen LogP contribution is -2.18. The van der Waals surface area contributed by atoms with Crippen LogP contribution in [0.25, 0.3) is 0 Å². The second kappa shape index (κ2) is 3.67. The van der Waals surface area contributed by atoms with Crippen molar-refractivity contribution in [1.82, 2.24) is 0 Å². The largest absolute Gasteiger partial charge is 0.393 e. The van der Waals surface area contributed by atoms with Crippen LogP contribution in [0.15, 0.2) is 24.3 Å².